The Hall–Kier alpha value is -1.14. The van der Waals surface area contributed by atoms with Crippen LogP contribution in [-0.4, -0.2) is 61.6 Å². The van der Waals surface area contributed by atoms with Crippen LogP contribution >= 0.6 is 0 Å². The number of ether oxygens (including phenoxy) is 1. The molecule has 3 heterocycles. The fraction of sp³-hybridized carbons (Fsp3) is 0.882. The van der Waals surface area contributed by atoms with E-state index < -0.39 is 0 Å². The van der Waals surface area contributed by atoms with Crippen molar-refractivity contribution in [2.24, 2.45) is 5.92 Å². The minimum atomic E-state index is -0.0177. The van der Waals surface area contributed by atoms with Gasteiger partial charge in [0.1, 0.15) is 0 Å². The zero-order chi connectivity index (χ0) is 16.1. The van der Waals surface area contributed by atoms with Gasteiger partial charge in [-0.1, -0.05) is 0 Å². The van der Waals surface area contributed by atoms with Gasteiger partial charge in [0.05, 0.1) is 18.6 Å². The highest BCUT2D eigenvalue weighted by Crippen LogP contribution is 2.20. The number of hydrogen-bond acceptors (Lipinski definition) is 4. The van der Waals surface area contributed by atoms with Crippen LogP contribution in [0.25, 0.3) is 0 Å². The summed E-state index contributed by atoms with van der Waals surface area (Å²) >= 11 is 0. The third kappa shape index (κ3) is 4.67. The van der Waals surface area contributed by atoms with Crippen molar-refractivity contribution >= 4 is 11.8 Å². The molecular weight excluding hydrogens is 294 g/mol. The molecule has 3 saturated heterocycles. The number of nitrogens with one attached hydrogen (secondary N) is 2. The van der Waals surface area contributed by atoms with E-state index in [9.17, 15) is 9.59 Å². The molecule has 6 nitrogen and oxygen atoms in total. The van der Waals surface area contributed by atoms with E-state index >= 15 is 0 Å². The molecule has 3 rings (SSSR count). The molecule has 3 unspecified atom stereocenters. The van der Waals surface area contributed by atoms with E-state index in [0.717, 1.165) is 64.8 Å². The van der Waals surface area contributed by atoms with Crippen molar-refractivity contribution in [1.29, 1.82) is 0 Å². The lowest BCUT2D eigenvalue weighted by Crippen LogP contribution is -2.47. The van der Waals surface area contributed by atoms with E-state index in [1.54, 1.807) is 0 Å². The van der Waals surface area contributed by atoms with Crippen molar-refractivity contribution in [3.8, 4) is 0 Å². The van der Waals surface area contributed by atoms with Gasteiger partial charge < -0.3 is 20.3 Å². The van der Waals surface area contributed by atoms with E-state index in [1.807, 2.05) is 4.90 Å². The van der Waals surface area contributed by atoms with Crippen LogP contribution in [0.2, 0.25) is 0 Å². The molecule has 0 spiro atoms. The van der Waals surface area contributed by atoms with Gasteiger partial charge in [-0.2, -0.15) is 0 Å². The number of nitrogens with zero attached hydrogens (tertiary/aromatic N) is 1. The molecular formula is C17H29N3O3. The van der Waals surface area contributed by atoms with Crippen LogP contribution in [0.1, 0.15) is 44.9 Å². The van der Waals surface area contributed by atoms with E-state index in [0.29, 0.717) is 18.9 Å². The zero-order valence-corrected chi connectivity index (χ0v) is 13.9. The van der Waals surface area contributed by atoms with Gasteiger partial charge in [-0.15, -0.1) is 0 Å². The maximum atomic E-state index is 12.4. The lowest BCUT2D eigenvalue weighted by Gasteiger charge is -2.33. The zero-order valence-electron chi connectivity index (χ0n) is 13.9. The molecule has 0 aromatic rings. The largest absolute Gasteiger partial charge is 0.378 e. The van der Waals surface area contributed by atoms with Crippen molar-refractivity contribution in [1.82, 2.24) is 15.5 Å². The SMILES string of the molecule is O=C(NCC1CCCN(C(=O)CC2CCCO2)C1)C1CCCN1. The number of likely N-dealkylation sites (tertiary alicyclic amines) is 1. The van der Waals surface area contributed by atoms with Crippen molar-refractivity contribution in [2.75, 3.05) is 32.8 Å². The maximum absolute atomic E-state index is 12.4. The third-order valence-corrected chi connectivity index (χ3v) is 5.24. The van der Waals surface area contributed by atoms with Gasteiger partial charge in [-0.25, -0.2) is 0 Å². The molecule has 0 bridgehead atoms. The van der Waals surface area contributed by atoms with Crippen LogP contribution in [0.5, 0.6) is 0 Å². The highest BCUT2D eigenvalue weighted by atomic mass is 16.5. The predicted molar refractivity (Wildman–Crippen MR) is 86.9 cm³/mol. The molecule has 0 aliphatic carbocycles. The smallest absolute Gasteiger partial charge is 0.237 e. The Bertz CT molecular complexity index is 417. The minimum Gasteiger partial charge on any atom is -0.378 e. The monoisotopic (exact) mass is 323 g/mol. The second-order valence-corrected chi connectivity index (χ2v) is 7.08. The quantitative estimate of drug-likeness (QED) is 0.780. The van der Waals surface area contributed by atoms with Crippen molar-refractivity contribution < 1.29 is 14.3 Å². The molecule has 0 radical (unpaired) electrons. The lowest BCUT2D eigenvalue weighted by atomic mass is 9.97. The number of rotatable bonds is 5. The highest BCUT2D eigenvalue weighted by Gasteiger charge is 2.28. The molecule has 0 saturated carbocycles. The summed E-state index contributed by atoms with van der Waals surface area (Å²) in [5.74, 6) is 0.707. The standard InChI is InChI=1S/C17H29N3O3/c21-16(10-14-5-3-9-23-14)20-8-2-4-13(12-20)11-19-17(22)15-6-1-7-18-15/h13-15,18H,1-12H2,(H,19,22). The van der Waals surface area contributed by atoms with Gasteiger partial charge in [0.2, 0.25) is 11.8 Å². The number of carbonyl (C=O) groups is 2. The number of carbonyl (C=O) groups excluding carboxylic acids is 2. The summed E-state index contributed by atoms with van der Waals surface area (Å²) in [5, 5.41) is 6.28. The van der Waals surface area contributed by atoms with Crippen LogP contribution in [0, 0.1) is 5.92 Å². The first-order chi connectivity index (χ1) is 11.2. The highest BCUT2D eigenvalue weighted by molar-refractivity contribution is 5.82. The van der Waals surface area contributed by atoms with E-state index in [2.05, 4.69) is 10.6 Å². The number of piperidine rings is 1. The topological polar surface area (TPSA) is 70.7 Å². The van der Waals surface area contributed by atoms with Gasteiger partial charge in [-0.05, 0) is 51.0 Å². The average Bonchev–Trinajstić information content (AvgIpc) is 3.26. The van der Waals surface area contributed by atoms with Gasteiger partial charge in [-0.3, -0.25) is 9.59 Å². The van der Waals surface area contributed by atoms with Crippen molar-refractivity contribution in [3.63, 3.8) is 0 Å². The van der Waals surface area contributed by atoms with E-state index in [4.69, 9.17) is 4.74 Å². The molecule has 23 heavy (non-hydrogen) atoms. The Morgan fingerprint density at radius 1 is 1.17 bits per heavy atom. The maximum Gasteiger partial charge on any atom is 0.237 e. The Balaban J connectivity index is 1.40. The predicted octanol–water partition coefficient (Wildman–Crippen LogP) is 0.662. The second-order valence-electron chi connectivity index (χ2n) is 7.08. The Morgan fingerprint density at radius 3 is 2.83 bits per heavy atom. The Morgan fingerprint density at radius 2 is 2.09 bits per heavy atom. The third-order valence-electron chi connectivity index (χ3n) is 5.24. The van der Waals surface area contributed by atoms with Gasteiger partial charge >= 0.3 is 0 Å². The summed E-state index contributed by atoms with van der Waals surface area (Å²) in [7, 11) is 0. The number of hydrogen-bond donors (Lipinski definition) is 2. The first-order valence-corrected chi connectivity index (χ1v) is 9.13. The summed E-state index contributed by atoms with van der Waals surface area (Å²) in [4.78, 5) is 26.4. The molecule has 130 valence electrons. The normalized spacial score (nSPS) is 31.3. The molecule has 0 aromatic heterocycles. The lowest BCUT2D eigenvalue weighted by molar-refractivity contribution is -0.135. The summed E-state index contributed by atoms with van der Waals surface area (Å²) < 4.78 is 5.57. The molecule has 2 N–H and O–H groups in total. The molecule has 2 amide bonds. The van der Waals surface area contributed by atoms with E-state index in [1.165, 1.54) is 0 Å². The van der Waals surface area contributed by atoms with Crippen LogP contribution in [-0.2, 0) is 14.3 Å². The van der Waals surface area contributed by atoms with Crippen LogP contribution in [0.4, 0.5) is 0 Å². The summed E-state index contributed by atoms with van der Waals surface area (Å²) in [6.45, 7) is 4.03. The molecule has 3 fully saturated rings. The fourth-order valence-electron chi connectivity index (χ4n) is 3.86. The summed E-state index contributed by atoms with van der Waals surface area (Å²) in [5.41, 5.74) is 0. The Kier molecular flexibility index (Phi) is 5.89. The Labute approximate surface area is 138 Å². The minimum absolute atomic E-state index is 0.0177. The summed E-state index contributed by atoms with van der Waals surface area (Å²) in [6.07, 6.45) is 6.84. The van der Waals surface area contributed by atoms with Gasteiger partial charge in [0.25, 0.3) is 0 Å². The molecule has 3 atom stereocenters. The number of amides is 2. The van der Waals surface area contributed by atoms with Crippen molar-refractivity contribution in [3.05, 3.63) is 0 Å². The van der Waals surface area contributed by atoms with Crippen LogP contribution < -0.4 is 10.6 Å². The van der Waals surface area contributed by atoms with Crippen LogP contribution in [0.3, 0.4) is 0 Å². The molecule has 6 heteroatoms. The summed E-state index contributed by atoms with van der Waals surface area (Å²) in [6, 6.07) is -0.0177. The molecule has 3 aliphatic rings. The van der Waals surface area contributed by atoms with Crippen molar-refractivity contribution in [2.45, 2.75) is 57.1 Å². The van der Waals surface area contributed by atoms with Gasteiger partial charge in [0, 0.05) is 26.2 Å². The van der Waals surface area contributed by atoms with Crippen LogP contribution in [0.15, 0.2) is 0 Å². The second kappa shape index (κ2) is 8.11. The fourth-order valence-corrected chi connectivity index (χ4v) is 3.86. The molecule has 0 aromatic carbocycles. The molecule has 3 aliphatic heterocycles. The average molecular weight is 323 g/mol. The van der Waals surface area contributed by atoms with Gasteiger partial charge in [0.15, 0.2) is 0 Å². The van der Waals surface area contributed by atoms with E-state index in [-0.39, 0.29) is 24.0 Å². The first-order valence-electron chi connectivity index (χ1n) is 9.13. The first kappa shape index (κ1) is 16.7.